The average Bonchev–Trinajstić information content (AvgIpc) is 2.93. The van der Waals surface area contributed by atoms with Gasteiger partial charge in [-0.15, -0.1) is 6.58 Å². The number of ether oxygens (including phenoxy) is 2. The van der Waals surface area contributed by atoms with Crippen LogP contribution in [0.5, 0.6) is 0 Å². The van der Waals surface area contributed by atoms with E-state index in [4.69, 9.17) is 9.47 Å². The highest BCUT2D eigenvalue weighted by atomic mass is 16.5. The van der Waals surface area contributed by atoms with Crippen LogP contribution in [0, 0.1) is 5.92 Å². The predicted molar refractivity (Wildman–Crippen MR) is 144 cm³/mol. The van der Waals surface area contributed by atoms with E-state index in [2.05, 4.69) is 54.8 Å². The predicted octanol–water partition coefficient (Wildman–Crippen LogP) is 6.51. The van der Waals surface area contributed by atoms with Crippen LogP contribution in [0.1, 0.15) is 36.1 Å². The molecule has 0 fully saturated rings. The van der Waals surface area contributed by atoms with Crippen molar-refractivity contribution in [2.24, 2.45) is 5.92 Å². The van der Waals surface area contributed by atoms with Gasteiger partial charge in [0.1, 0.15) is 6.10 Å². The summed E-state index contributed by atoms with van der Waals surface area (Å²) in [6.07, 6.45) is 5.72. The van der Waals surface area contributed by atoms with Crippen molar-refractivity contribution in [3.63, 3.8) is 0 Å². The molecule has 1 heterocycles. The van der Waals surface area contributed by atoms with Crippen LogP contribution in [0.3, 0.4) is 0 Å². The van der Waals surface area contributed by atoms with E-state index >= 15 is 0 Å². The lowest BCUT2D eigenvalue weighted by Crippen LogP contribution is -2.53. The fourth-order valence-electron chi connectivity index (χ4n) is 4.83. The van der Waals surface area contributed by atoms with Crippen molar-refractivity contribution < 1.29 is 14.3 Å². The van der Waals surface area contributed by atoms with Crippen LogP contribution in [0.4, 0.5) is 0 Å². The summed E-state index contributed by atoms with van der Waals surface area (Å²) in [5.41, 5.74) is 3.38. The first-order chi connectivity index (χ1) is 17.7. The number of benzene rings is 3. The standard InChI is InChI=1S/C32H35NO3/c1-3-13-29-30(34)20-21-33(25(2)28-18-11-6-12-19-28)32(29)31(36-23-27-16-9-5-10-17-27)24-35-22-26-14-7-4-8-15-26/h3-12,14-21,25,29,31-32H,1,13,22-24H2,2H3/t25-,29+,31+,32+/m0/s1. The lowest BCUT2D eigenvalue weighted by molar-refractivity contribution is -0.129. The summed E-state index contributed by atoms with van der Waals surface area (Å²) >= 11 is 0. The molecule has 0 aromatic heterocycles. The second-order valence-electron chi connectivity index (χ2n) is 9.21. The third-order valence-electron chi connectivity index (χ3n) is 6.76. The smallest absolute Gasteiger partial charge is 0.162 e. The maximum Gasteiger partial charge on any atom is 0.162 e. The lowest BCUT2D eigenvalue weighted by atomic mass is 9.83. The zero-order valence-corrected chi connectivity index (χ0v) is 20.9. The maximum atomic E-state index is 13.1. The molecule has 0 spiro atoms. The van der Waals surface area contributed by atoms with Crippen LogP contribution >= 0.6 is 0 Å². The van der Waals surface area contributed by atoms with E-state index in [1.807, 2.05) is 66.9 Å². The molecule has 3 aromatic carbocycles. The zero-order chi connectivity index (χ0) is 25.2. The molecule has 3 aromatic rings. The Kier molecular flexibility index (Phi) is 9.26. The molecule has 0 aliphatic carbocycles. The molecule has 0 saturated carbocycles. The highest BCUT2D eigenvalue weighted by molar-refractivity contribution is 5.93. The minimum absolute atomic E-state index is 0.0600. The van der Waals surface area contributed by atoms with Crippen LogP contribution in [-0.4, -0.2) is 29.4 Å². The fourth-order valence-corrected chi connectivity index (χ4v) is 4.83. The van der Waals surface area contributed by atoms with Crippen molar-refractivity contribution in [3.05, 3.63) is 133 Å². The van der Waals surface area contributed by atoms with Crippen molar-refractivity contribution in [2.45, 2.75) is 44.7 Å². The normalized spacial score (nSPS) is 19.1. The fraction of sp³-hybridized carbons (Fsp3) is 0.281. The molecular weight excluding hydrogens is 446 g/mol. The molecule has 36 heavy (non-hydrogen) atoms. The molecule has 0 bridgehead atoms. The largest absolute Gasteiger partial charge is 0.374 e. The summed E-state index contributed by atoms with van der Waals surface area (Å²) in [6, 6.07) is 30.5. The maximum absolute atomic E-state index is 13.1. The summed E-state index contributed by atoms with van der Waals surface area (Å²) in [5, 5.41) is 0. The summed E-state index contributed by atoms with van der Waals surface area (Å²) in [6.45, 7) is 7.42. The second-order valence-corrected chi connectivity index (χ2v) is 9.21. The Hall–Kier alpha value is -3.47. The van der Waals surface area contributed by atoms with Gasteiger partial charge >= 0.3 is 0 Å². The first-order valence-corrected chi connectivity index (χ1v) is 12.6. The zero-order valence-electron chi connectivity index (χ0n) is 20.9. The van der Waals surface area contributed by atoms with Crippen LogP contribution in [0.15, 0.2) is 116 Å². The molecule has 4 atom stereocenters. The molecule has 1 aliphatic rings. The van der Waals surface area contributed by atoms with Crippen molar-refractivity contribution >= 4 is 5.78 Å². The summed E-state index contributed by atoms with van der Waals surface area (Å²) < 4.78 is 12.8. The number of nitrogens with zero attached hydrogens (tertiary/aromatic N) is 1. The van der Waals surface area contributed by atoms with Gasteiger partial charge in [0, 0.05) is 12.1 Å². The average molecular weight is 482 g/mol. The van der Waals surface area contributed by atoms with Gasteiger partial charge in [0.25, 0.3) is 0 Å². The van der Waals surface area contributed by atoms with Gasteiger partial charge in [0.15, 0.2) is 5.78 Å². The Labute approximate surface area is 214 Å². The van der Waals surface area contributed by atoms with Gasteiger partial charge in [0.05, 0.1) is 31.9 Å². The first-order valence-electron chi connectivity index (χ1n) is 12.6. The lowest BCUT2D eigenvalue weighted by Gasteiger charge is -2.45. The van der Waals surface area contributed by atoms with Crippen LogP contribution in [0.25, 0.3) is 0 Å². The Morgan fingerprint density at radius 1 is 0.889 bits per heavy atom. The Balaban J connectivity index is 1.62. The van der Waals surface area contributed by atoms with Crippen molar-refractivity contribution in [1.82, 2.24) is 4.90 Å². The van der Waals surface area contributed by atoms with Gasteiger partial charge in [0.2, 0.25) is 0 Å². The Morgan fingerprint density at radius 2 is 1.47 bits per heavy atom. The van der Waals surface area contributed by atoms with Gasteiger partial charge < -0.3 is 14.4 Å². The number of rotatable bonds is 12. The number of allylic oxidation sites excluding steroid dienone is 2. The SMILES string of the molecule is C=CC[C@@H]1C(=O)C=CN([C@@H](C)c2ccccc2)[C@H]1[C@@H](COCc1ccccc1)OCc1ccccc1. The van der Waals surface area contributed by atoms with Gasteiger partial charge in [-0.1, -0.05) is 97.1 Å². The van der Waals surface area contributed by atoms with E-state index in [-0.39, 0.29) is 29.9 Å². The van der Waals surface area contributed by atoms with Crippen molar-refractivity contribution in [3.8, 4) is 0 Å². The third kappa shape index (κ3) is 6.60. The molecule has 0 unspecified atom stereocenters. The topological polar surface area (TPSA) is 38.8 Å². The van der Waals surface area contributed by atoms with Crippen LogP contribution in [-0.2, 0) is 27.5 Å². The van der Waals surface area contributed by atoms with E-state index in [9.17, 15) is 4.79 Å². The number of carbonyl (C=O) groups excluding carboxylic acids is 1. The Bertz CT molecular complexity index is 1110. The van der Waals surface area contributed by atoms with E-state index < -0.39 is 0 Å². The summed E-state index contributed by atoms with van der Waals surface area (Å²) in [4.78, 5) is 15.4. The quantitative estimate of drug-likeness (QED) is 0.277. The second kappa shape index (κ2) is 13.0. The van der Waals surface area contributed by atoms with Crippen LogP contribution < -0.4 is 0 Å². The molecular formula is C32H35NO3. The molecule has 4 rings (SSSR count). The molecule has 4 nitrogen and oxygen atoms in total. The van der Waals surface area contributed by atoms with E-state index in [1.54, 1.807) is 6.08 Å². The number of ketones is 1. The van der Waals surface area contributed by atoms with Crippen LogP contribution in [0.2, 0.25) is 0 Å². The van der Waals surface area contributed by atoms with E-state index in [0.717, 1.165) is 11.1 Å². The monoisotopic (exact) mass is 481 g/mol. The molecule has 0 saturated heterocycles. The minimum Gasteiger partial charge on any atom is -0.374 e. The summed E-state index contributed by atoms with van der Waals surface area (Å²) in [5.74, 6) is -0.160. The molecule has 4 heteroatoms. The number of hydrogen-bond donors (Lipinski definition) is 0. The van der Waals surface area contributed by atoms with Gasteiger partial charge in [-0.05, 0) is 36.1 Å². The van der Waals surface area contributed by atoms with E-state index in [0.29, 0.717) is 26.2 Å². The van der Waals surface area contributed by atoms with Crippen molar-refractivity contribution in [1.29, 1.82) is 0 Å². The Morgan fingerprint density at radius 3 is 2.08 bits per heavy atom. The number of hydrogen-bond acceptors (Lipinski definition) is 4. The molecule has 186 valence electrons. The van der Waals surface area contributed by atoms with Crippen molar-refractivity contribution in [2.75, 3.05) is 6.61 Å². The molecule has 0 radical (unpaired) electrons. The highest BCUT2D eigenvalue weighted by Gasteiger charge is 2.41. The minimum atomic E-state index is -0.320. The first kappa shape index (κ1) is 25.6. The molecule has 0 amide bonds. The molecule has 1 aliphatic heterocycles. The van der Waals surface area contributed by atoms with Gasteiger partial charge in [-0.2, -0.15) is 0 Å². The highest BCUT2D eigenvalue weighted by Crippen LogP contribution is 2.34. The molecule has 0 N–H and O–H groups in total. The number of carbonyl (C=O) groups is 1. The third-order valence-corrected chi connectivity index (χ3v) is 6.76. The summed E-state index contributed by atoms with van der Waals surface area (Å²) in [7, 11) is 0. The van der Waals surface area contributed by atoms with E-state index in [1.165, 1.54) is 5.56 Å². The van der Waals surface area contributed by atoms with Gasteiger partial charge in [-0.3, -0.25) is 4.79 Å². The van der Waals surface area contributed by atoms with Gasteiger partial charge in [-0.25, -0.2) is 0 Å².